The average Bonchev–Trinajstić information content (AvgIpc) is 2.96. The van der Waals surface area contributed by atoms with E-state index in [0.717, 1.165) is 29.7 Å². The molecule has 0 bridgehead atoms. The zero-order chi connectivity index (χ0) is 15.4. The van der Waals surface area contributed by atoms with Gasteiger partial charge in [0, 0.05) is 12.1 Å². The molecule has 1 aliphatic heterocycles. The van der Waals surface area contributed by atoms with Gasteiger partial charge in [0.15, 0.2) is 0 Å². The fourth-order valence-electron chi connectivity index (χ4n) is 2.52. The van der Waals surface area contributed by atoms with Gasteiger partial charge in [0.05, 0.1) is 0 Å². The van der Waals surface area contributed by atoms with Crippen LogP contribution in [0.1, 0.15) is 17.5 Å². The van der Waals surface area contributed by atoms with E-state index in [1.807, 2.05) is 24.3 Å². The molecule has 0 aromatic heterocycles. The Morgan fingerprint density at radius 1 is 1.05 bits per heavy atom. The van der Waals surface area contributed by atoms with E-state index in [-0.39, 0.29) is 11.9 Å². The first-order valence-corrected chi connectivity index (χ1v) is 7.34. The van der Waals surface area contributed by atoms with Crippen LogP contribution in [0.3, 0.4) is 0 Å². The number of rotatable bonds is 5. The topological polar surface area (TPSA) is 41.5 Å². The molecule has 3 rings (SSSR count). The highest BCUT2D eigenvalue weighted by Gasteiger charge is 2.17. The Labute approximate surface area is 129 Å². The van der Waals surface area contributed by atoms with Crippen LogP contribution in [-0.2, 0) is 17.7 Å². The fourth-order valence-corrected chi connectivity index (χ4v) is 2.52. The smallest absolute Gasteiger partial charge is 0.123 e. The molecule has 0 saturated carbocycles. The van der Waals surface area contributed by atoms with Crippen molar-refractivity contribution in [3.63, 3.8) is 0 Å². The van der Waals surface area contributed by atoms with Crippen LogP contribution in [0, 0.1) is 5.82 Å². The Morgan fingerprint density at radius 2 is 1.82 bits per heavy atom. The predicted molar refractivity (Wildman–Crippen MR) is 82.6 cm³/mol. The number of benzene rings is 2. The molecule has 0 fully saturated rings. The summed E-state index contributed by atoms with van der Waals surface area (Å²) in [6, 6.07) is 13.8. The summed E-state index contributed by atoms with van der Waals surface area (Å²) < 4.78 is 12.9. The van der Waals surface area contributed by atoms with Gasteiger partial charge in [-0.25, -0.2) is 4.39 Å². The molecule has 0 aliphatic carbocycles. The summed E-state index contributed by atoms with van der Waals surface area (Å²) in [7, 11) is 0. The number of nitrogens with one attached hydrogen (secondary N) is 1. The van der Waals surface area contributed by atoms with Gasteiger partial charge < -0.3 is 5.11 Å². The summed E-state index contributed by atoms with van der Waals surface area (Å²) in [6.45, 7) is 0. The number of aryl methyl sites for hydroxylation is 1. The van der Waals surface area contributed by atoms with E-state index in [0.29, 0.717) is 12.2 Å². The number of hydrogen-bond acceptors (Lipinski definition) is 3. The van der Waals surface area contributed by atoms with E-state index in [4.69, 9.17) is 4.84 Å². The first-order valence-electron chi connectivity index (χ1n) is 7.34. The van der Waals surface area contributed by atoms with E-state index in [2.05, 4.69) is 5.48 Å². The lowest BCUT2D eigenvalue weighted by Gasteiger charge is -2.07. The van der Waals surface area contributed by atoms with Crippen LogP contribution in [0.4, 0.5) is 4.39 Å². The quantitative estimate of drug-likeness (QED) is 0.888. The van der Waals surface area contributed by atoms with Crippen molar-refractivity contribution in [2.24, 2.45) is 0 Å². The molecule has 1 unspecified atom stereocenters. The largest absolute Gasteiger partial charge is 0.508 e. The Hall–Kier alpha value is -2.33. The van der Waals surface area contributed by atoms with Gasteiger partial charge in [-0.15, -0.1) is 0 Å². The molecule has 0 amide bonds. The van der Waals surface area contributed by atoms with Crippen molar-refractivity contribution in [3.8, 4) is 5.75 Å². The zero-order valence-corrected chi connectivity index (χ0v) is 12.1. The highest BCUT2D eigenvalue weighted by atomic mass is 19.1. The van der Waals surface area contributed by atoms with Crippen molar-refractivity contribution in [2.75, 3.05) is 0 Å². The van der Waals surface area contributed by atoms with Crippen molar-refractivity contribution in [2.45, 2.75) is 25.4 Å². The molecule has 22 heavy (non-hydrogen) atoms. The maximum Gasteiger partial charge on any atom is 0.123 e. The first kappa shape index (κ1) is 14.6. The Balaban J connectivity index is 1.55. The third-order valence-corrected chi connectivity index (χ3v) is 3.73. The Morgan fingerprint density at radius 3 is 2.59 bits per heavy atom. The fraction of sp³-hybridized carbons (Fsp3) is 0.222. The molecular formula is C18H18FNO2. The minimum atomic E-state index is -0.229. The normalized spacial score (nSPS) is 17.1. The second-order valence-corrected chi connectivity index (χ2v) is 5.41. The number of allylic oxidation sites excluding steroid dienone is 1. The third kappa shape index (κ3) is 3.65. The second kappa shape index (κ2) is 6.62. The summed E-state index contributed by atoms with van der Waals surface area (Å²) in [6.07, 6.45) is 4.22. The molecule has 3 nitrogen and oxygen atoms in total. The zero-order valence-electron chi connectivity index (χ0n) is 12.1. The molecular weight excluding hydrogens is 281 g/mol. The lowest BCUT2D eigenvalue weighted by Crippen LogP contribution is -2.14. The van der Waals surface area contributed by atoms with Crippen molar-refractivity contribution >= 4 is 0 Å². The Kier molecular flexibility index (Phi) is 4.39. The summed E-state index contributed by atoms with van der Waals surface area (Å²) in [5, 5.41) is 9.75. The summed E-state index contributed by atoms with van der Waals surface area (Å²) in [5.41, 5.74) is 5.90. The monoisotopic (exact) mass is 299 g/mol. The summed E-state index contributed by atoms with van der Waals surface area (Å²) in [5.74, 6) is 0.0954. The van der Waals surface area contributed by atoms with E-state index >= 15 is 0 Å². The number of phenols is 1. The Bertz CT molecular complexity index is 667. The lowest BCUT2D eigenvalue weighted by atomic mass is 10.0. The minimum Gasteiger partial charge on any atom is -0.508 e. The maximum atomic E-state index is 12.9. The van der Waals surface area contributed by atoms with Crippen LogP contribution in [0.2, 0.25) is 0 Å². The van der Waals surface area contributed by atoms with Crippen molar-refractivity contribution in [1.82, 2.24) is 5.48 Å². The van der Waals surface area contributed by atoms with E-state index in [1.54, 1.807) is 18.2 Å². The molecule has 2 aromatic carbocycles. The molecule has 2 aromatic rings. The molecule has 2 N–H and O–H groups in total. The number of hydrogen-bond donors (Lipinski definition) is 2. The maximum absolute atomic E-state index is 12.9. The summed E-state index contributed by atoms with van der Waals surface area (Å²) >= 11 is 0. The molecule has 1 atom stereocenters. The van der Waals surface area contributed by atoms with Gasteiger partial charge in [-0.3, -0.25) is 10.3 Å². The van der Waals surface area contributed by atoms with E-state index in [9.17, 15) is 9.50 Å². The highest BCUT2D eigenvalue weighted by Crippen LogP contribution is 2.21. The van der Waals surface area contributed by atoms with E-state index in [1.165, 1.54) is 12.1 Å². The minimum absolute atomic E-state index is 0.0511. The standard InChI is InChI=1S/C18H18FNO2/c19-15-8-5-13(6-9-15)11-17-12-16(20-22-17)10-7-14-3-1-2-4-18(14)21/h1-6,8-9,12,17,20-21H,7,10-11H2. The van der Waals surface area contributed by atoms with Crippen molar-refractivity contribution in [3.05, 3.63) is 77.2 Å². The SMILES string of the molecule is Oc1ccccc1CCC1=CC(Cc2ccc(F)cc2)ON1. The summed E-state index contributed by atoms with van der Waals surface area (Å²) in [4.78, 5) is 5.52. The van der Waals surface area contributed by atoms with Crippen LogP contribution in [0.5, 0.6) is 5.75 Å². The number of para-hydroxylation sites is 1. The van der Waals surface area contributed by atoms with Crippen LogP contribution in [0.25, 0.3) is 0 Å². The molecule has 0 saturated heterocycles. The van der Waals surface area contributed by atoms with Crippen molar-refractivity contribution in [1.29, 1.82) is 0 Å². The predicted octanol–water partition coefficient (Wildman–Crippen LogP) is 3.49. The van der Waals surface area contributed by atoms with Crippen LogP contribution >= 0.6 is 0 Å². The first-order chi connectivity index (χ1) is 10.7. The van der Waals surface area contributed by atoms with Crippen LogP contribution < -0.4 is 5.48 Å². The van der Waals surface area contributed by atoms with E-state index < -0.39 is 0 Å². The third-order valence-electron chi connectivity index (χ3n) is 3.73. The van der Waals surface area contributed by atoms with Gasteiger partial charge in [0.25, 0.3) is 0 Å². The number of hydroxylamine groups is 1. The average molecular weight is 299 g/mol. The number of aromatic hydroxyl groups is 1. The van der Waals surface area contributed by atoms with Gasteiger partial charge in [-0.05, 0) is 48.2 Å². The second-order valence-electron chi connectivity index (χ2n) is 5.41. The molecule has 4 heteroatoms. The number of halogens is 1. The van der Waals surface area contributed by atoms with Crippen LogP contribution in [-0.4, -0.2) is 11.2 Å². The van der Waals surface area contributed by atoms with Gasteiger partial charge in [-0.1, -0.05) is 30.3 Å². The molecule has 1 aliphatic rings. The van der Waals surface area contributed by atoms with Crippen molar-refractivity contribution < 1.29 is 14.3 Å². The molecule has 114 valence electrons. The van der Waals surface area contributed by atoms with Crippen LogP contribution in [0.15, 0.2) is 60.3 Å². The lowest BCUT2D eigenvalue weighted by molar-refractivity contribution is 0.0418. The molecule has 0 radical (unpaired) electrons. The molecule has 1 heterocycles. The van der Waals surface area contributed by atoms with Gasteiger partial charge in [0.2, 0.25) is 0 Å². The van der Waals surface area contributed by atoms with Gasteiger partial charge in [-0.2, -0.15) is 0 Å². The number of phenolic OH excluding ortho intramolecular Hbond substituents is 1. The highest BCUT2D eigenvalue weighted by molar-refractivity contribution is 5.32. The van der Waals surface area contributed by atoms with Gasteiger partial charge >= 0.3 is 0 Å². The molecule has 0 spiro atoms. The van der Waals surface area contributed by atoms with Gasteiger partial charge in [0.1, 0.15) is 17.7 Å².